The maximum atomic E-state index is 12.6. The zero-order valence-electron chi connectivity index (χ0n) is 19.2. The number of nitrogens with zero attached hydrogens (tertiary/aromatic N) is 1. The Hall–Kier alpha value is -2.95. The van der Waals surface area contributed by atoms with Crippen molar-refractivity contribution in [1.29, 1.82) is 0 Å². The van der Waals surface area contributed by atoms with Crippen molar-refractivity contribution in [1.82, 2.24) is 0 Å². The number of methoxy groups -OCH3 is 1. The number of hydrogen-bond acceptors (Lipinski definition) is 5. The number of carbonyl (C=O) groups excluding carboxylic acids is 2. The fraction of sp³-hybridized carbons (Fsp3) is 0.400. The van der Waals surface area contributed by atoms with Crippen LogP contribution in [-0.4, -0.2) is 24.6 Å². The van der Waals surface area contributed by atoms with Gasteiger partial charge in [-0.3, -0.25) is 10.2 Å². The van der Waals surface area contributed by atoms with Crippen molar-refractivity contribution < 1.29 is 14.3 Å². The van der Waals surface area contributed by atoms with Gasteiger partial charge >= 0.3 is 5.97 Å². The van der Waals surface area contributed by atoms with E-state index in [0.29, 0.717) is 16.8 Å². The number of nitrogens with one attached hydrogen (secondary N) is 1. The minimum Gasteiger partial charge on any atom is -0.464 e. The van der Waals surface area contributed by atoms with Gasteiger partial charge in [0.25, 0.3) is 0 Å². The maximum absolute atomic E-state index is 12.6. The molecule has 160 valence electrons. The molecule has 2 aromatic rings. The van der Waals surface area contributed by atoms with E-state index < -0.39 is 11.4 Å². The molecule has 0 aliphatic heterocycles. The molecule has 5 nitrogen and oxygen atoms in total. The number of ether oxygens (including phenoxy) is 1. The summed E-state index contributed by atoms with van der Waals surface area (Å²) in [7, 11) is 1.33. The first-order chi connectivity index (χ1) is 13.8. The number of rotatable bonds is 5. The standard InChI is InChI=1S/C25H32N2O3/c1-16-15-19(13-14-20(16)22(28)25(5,6)7)26-27-21(23(29)30-8)17-9-11-18(12-10-17)24(2,3)4/h9-15,26H,1-8H3/b27-21+. The number of anilines is 1. The molecule has 0 radical (unpaired) electrons. The molecule has 0 fully saturated rings. The summed E-state index contributed by atoms with van der Waals surface area (Å²) in [5.41, 5.74) is 6.73. The quantitative estimate of drug-likeness (QED) is 0.306. The number of benzene rings is 2. The van der Waals surface area contributed by atoms with Crippen molar-refractivity contribution in [3.63, 3.8) is 0 Å². The highest BCUT2D eigenvalue weighted by Crippen LogP contribution is 2.25. The molecule has 0 unspecified atom stereocenters. The monoisotopic (exact) mass is 408 g/mol. The second-order valence-corrected chi connectivity index (χ2v) is 9.50. The topological polar surface area (TPSA) is 67.8 Å². The van der Waals surface area contributed by atoms with Gasteiger partial charge in [0, 0.05) is 16.5 Å². The molecule has 0 bridgehead atoms. The summed E-state index contributed by atoms with van der Waals surface area (Å²) in [6, 6.07) is 13.1. The molecular weight excluding hydrogens is 376 g/mol. The minimum absolute atomic E-state index is 0.0170. The summed E-state index contributed by atoms with van der Waals surface area (Å²) in [6.07, 6.45) is 0. The predicted molar refractivity (Wildman–Crippen MR) is 122 cm³/mol. The van der Waals surface area contributed by atoms with Gasteiger partial charge < -0.3 is 4.74 Å². The van der Waals surface area contributed by atoms with Crippen LogP contribution in [0.1, 0.15) is 68.6 Å². The lowest BCUT2D eigenvalue weighted by Crippen LogP contribution is -2.21. The van der Waals surface area contributed by atoms with Crippen molar-refractivity contribution in [3.05, 3.63) is 64.7 Å². The Labute approximate surface area is 179 Å². The lowest BCUT2D eigenvalue weighted by atomic mass is 9.85. The Morgan fingerprint density at radius 2 is 1.53 bits per heavy atom. The summed E-state index contributed by atoms with van der Waals surface area (Å²) in [6.45, 7) is 14.0. The van der Waals surface area contributed by atoms with Gasteiger partial charge in [-0.1, -0.05) is 65.8 Å². The first-order valence-electron chi connectivity index (χ1n) is 10.0. The van der Waals surface area contributed by atoms with Gasteiger partial charge in [-0.2, -0.15) is 5.10 Å². The number of hydrazone groups is 1. The highest BCUT2D eigenvalue weighted by Gasteiger charge is 2.24. The predicted octanol–water partition coefficient (Wildman–Crippen LogP) is 5.51. The Bertz CT molecular complexity index is 959. The van der Waals surface area contributed by atoms with E-state index in [2.05, 4.69) is 31.3 Å². The Kier molecular flexibility index (Phi) is 6.86. The van der Waals surface area contributed by atoms with Crippen molar-refractivity contribution in [2.75, 3.05) is 12.5 Å². The van der Waals surface area contributed by atoms with Crippen molar-refractivity contribution in [2.45, 2.75) is 53.9 Å². The summed E-state index contributed by atoms with van der Waals surface area (Å²) in [4.78, 5) is 24.9. The molecule has 1 N–H and O–H groups in total. The number of hydrogen-bond donors (Lipinski definition) is 1. The van der Waals surface area contributed by atoms with Gasteiger partial charge in [-0.25, -0.2) is 4.79 Å². The molecule has 30 heavy (non-hydrogen) atoms. The van der Waals surface area contributed by atoms with Crippen LogP contribution in [0.5, 0.6) is 0 Å². The average molecular weight is 409 g/mol. The number of Topliss-reactive ketones (excluding diaryl/α,β-unsaturated/α-hetero) is 1. The fourth-order valence-corrected chi connectivity index (χ4v) is 2.97. The molecule has 0 saturated carbocycles. The van der Waals surface area contributed by atoms with Gasteiger partial charge in [-0.05, 0) is 41.7 Å². The van der Waals surface area contributed by atoms with Crippen molar-refractivity contribution in [2.24, 2.45) is 10.5 Å². The molecule has 0 heterocycles. The highest BCUT2D eigenvalue weighted by atomic mass is 16.5. The SMILES string of the molecule is COC(=O)/C(=N/Nc1ccc(C(=O)C(C)(C)C)c(C)c1)c1ccc(C(C)(C)C)cc1. The van der Waals surface area contributed by atoms with E-state index in [0.717, 1.165) is 11.1 Å². The van der Waals surface area contributed by atoms with Crippen LogP contribution in [0.15, 0.2) is 47.6 Å². The molecule has 5 heteroatoms. The van der Waals surface area contributed by atoms with Crippen LogP contribution in [0.3, 0.4) is 0 Å². The second-order valence-electron chi connectivity index (χ2n) is 9.50. The second kappa shape index (κ2) is 8.82. The average Bonchev–Trinajstić information content (AvgIpc) is 2.66. The molecule has 0 amide bonds. The smallest absolute Gasteiger partial charge is 0.359 e. The lowest BCUT2D eigenvalue weighted by Gasteiger charge is -2.19. The van der Waals surface area contributed by atoms with E-state index in [-0.39, 0.29) is 16.9 Å². The Balaban J connectivity index is 2.32. The normalized spacial score (nSPS) is 12.5. The van der Waals surface area contributed by atoms with Gasteiger partial charge in [0.05, 0.1) is 12.8 Å². The van der Waals surface area contributed by atoms with Crippen LogP contribution in [-0.2, 0) is 14.9 Å². The minimum atomic E-state index is -0.526. The molecule has 0 aliphatic rings. The van der Waals surface area contributed by atoms with E-state index in [4.69, 9.17) is 4.74 Å². The van der Waals surface area contributed by atoms with Gasteiger partial charge in [-0.15, -0.1) is 0 Å². The van der Waals surface area contributed by atoms with E-state index in [9.17, 15) is 9.59 Å². The molecular formula is C25H32N2O3. The summed E-state index contributed by atoms with van der Waals surface area (Å²) in [5.74, 6) is -0.438. The van der Waals surface area contributed by atoms with E-state index in [1.807, 2.05) is 58.0 Å². The molecule has 0 saturated heterocycles. The third-order valence-corrected chi connectivity index (χ3v) is 4.85. The summed E-state index contributed by atoms with van der Waals surface area (Å²) < 4.78 is 4.91. The lowest BCUT2D eigenvalue weighted by molar-refractivity contribution is -0.132. The number of ketones is 1. The van der Waals surface area contributed by atoms with Crippen LogP contribution < -0.4 is 5.43 Å². The number of aryl methyl sites for hydroxylation is 1. The summed E-state index contributed by atoms with van der Waals surface area (Å²) >= 11 is 0. The molecule has 0 spiro atoms. The Morgan fingerprint density at radius 1 is 0.933 bits per heavy atom. The van der Waals surface area contributed by atoms with Crippen molar-refractivity contribution in [3.8, 4) is 0 Å². The van der Waals surface area contributed by atoms with Crippen LogP contribution in [0.4, 0.5) is 5.69 Å². The largest absolute Gasteiger partial charge is 0.464 e. The molecule has 2 aromatic carbocycles. The van der Waals surface area contributed by atoms with Crippen LogP contribution >= 0.6 is 0 Å². The summed E-state index contributed by atoms with van der Waals surface area (Å²) in [5, 5.41) is 4.30. The van der Waals surface area contributed by atoms with E-state index in [1.165, 1.54) is 7.11 Å². The third kappa shape index (κ3) is 5.56. The van der Waals surface area contributed by atoms with Gasteiger partial charge in [0.2, 0.25) is 0 Å². The first-order valence-corrected chi connectivity index (χ1v) is 10.0. The number of esters is 1. The zero-order chi connectivity index (χ0) is 22.7. The van der Waals surface area contributed by atoms with Crippen LogP contribution in [0, 0.1) is 12.3 Å². The molecule has 0 atom stereocenters. The molecule has 0 aromatic heterocycles. The first kappa shape index (κ1) is 23.3. The van der Waals surface area contributed by atoms with Gasteiger partial charge in [0.15, 0.2) is 11.5 Å². The Morgan fingerprint density at radius 3 is 2.00 bits per heavy atom. The number of carbonyl (C=O) groups is 2. The molecule has 0 aliphatic carbocycles. The molecule has 2 rings (SSSR count). The van der Waals surface area contributed by atoms with E-state index >= 15 is 0 Å². The highest BCUT2D eigenvalue weighted by molar-refractivity contribution is 6.43. The van der Waals surface area contributed by atoms with Gasteiger partial charge in [0.1, 0.15) is 0 Å². The van der Waals surface area contributed by atoms with Crippen LogP contribution in [0.2, 0.25) is 0 Å². The van der Waals surface area contributed by atoms with E-state index in [1.54, 1.807) is 12.1 Å². The third-order valence-electron chi connectivity index (χ3n) is 4.85. The fourth-order valence-electron chi connectivity index (χ4n) is 2.97. The zero-order valence-corrected chi connectivity index (χ0v) is 19.2. The van der Waals surface area contributed by atoms with Crippen molar-refractivity contribution >= 4 is 23.2 Å². The van der Waals surface area contributed by atoms with Crippen LogP contribution in [0.25, 0.3) is 0 Å². The maximum Gasteiger partial charge on any atom is 0.359 e.